The lowest BCUT2D eigenvalue weighted by molar-refractivity contribution is -0.141. The Morgan fingerprint density at radius 1 is 1.13 bits per heavy atom. The van der Waals surface area contributed by atoms with Gasteiger partial charge in [-0.05, 0) is 31.2 Å². The Bertz CT molecular complexity index is 1100. The Hall–Kier alpha value is -3.85. The highest BCUT2D eigenvalue weighted by Gasteiger charge is 2.32. The molecule has 160 valence electrons. The fourth-order valence-electron chi connectivity index (χ4n) is 2.36. The van der Waals surface area contributed by atoms with E-state index in [0.29, 0.717) is 12.2 Å². The van der Waals surface area contributed by atoms with Crippen LogP contribution in [0.2, 0.25) is 0 Å². The molecule has 0 radical (unpaired) electrons. The van der Waals surface area contributed by atoms with Crippen LogP contribution in [0.1, 0.15) is 18.3 Å². The standard InChI is InChI=1S/C19H17F3N8O/c1-11(31-2)10-25-17-28-16(14-4-3-5-15(27-14)19(20,21)22)29-18(30-17)26-12-6-7-24-13(8-12)9-23/h3-8,11H,10H2,1-2H3,(H2,24,25,26,28,29,30). The van der Waals surface area contributed by atoms with Gasteiger partial charge in [-0.15, -0.1) is 0 Å². The number of rotatable bonds is 7. The summed E-state index contributed by atoms with van der Waals surface area (Å²) in [5, 5.41) is 14.9. The molecule has 2 N–H and O–H groups in total. The number of ether oxygens (including phenoxy) is 1. The molecule has 0 aliphatic heterocycles. The van der Waals surface area contributed by atoms with Gasteiger partial charge in [0.15, 0.2) is 5.82 Å². The molecule has 0 spiro atoms. The van der Waals surface area contributed by atoms with Crippen LogP contribution in [0.25, 0.3) is 11.5 Å². The normalized spacial score (nSPS) is 12.1. The summed E-state index contributed by atoms with van der Waals surface area (Å²) in [6.07, 6.45) is -3.35. The van der Waals surface area contributed by atoms with Crippen LogP contribution < -0.4 is 10.6 Å². The highest BCUT2D eigenvalue weighted by atomic mass is 19.4. The summed E-state index contributed by atoms with van der Waals surface area (Å²) in [7, 11) is 1.54. The van der Waals surface area contributed by atoms with Crippen LogP contribution in [0.4, 0.5) is 30.8 Å². The zero-order valence-corrected chi connectivity index (χ0v) is 16.5. The van der Waals surface area contributed by atoms with Gasteiger partial charge in [0.05, 0.1) is 6.10 Å². The van der Waals surface area contributed by atoms with Crippen LogP contribution in [0.15, 0.2) is 36.5 Å². The van der Waals surface area contributed by atoms with Crippen molar-refractivity contribution in [1.29, 1.82) is 5.26 Å². The molecule has 3 aromatic heterocycles. The SMILES string of the molecule is COC(C)CNc1nc(Nc2ccnc(C#N)c2)nc(-c2cccc(C(F)(F)F)n2)n1. The topological polar surface area (TPSA) is 122 Å². The maximum Gasteiger partial charge on any atom is 0.433 e. The van der Waals surface area contributed by atoms with Gasteiger partial charge in [-0.2, -0.15) is 33.4 Å². The van der Waals surface area contributed by atoms with Crippen LogP contribution in [0.3, 0.4) is 0 Å². The van der Waals surface area contributed by atoms with Gasteiger partial charge in [0.2, 0.25) is 11.9 Å². The van der Waals surface area contributed by atoms with Crippen LogP contribution in [0, 0.1) is 11.3 Å². The molecule has 1 atom stereocenters. The molecule has 3 rings (SSSR count). The van der Waals surface area contributed by atoms with E-state index in [1.54, 1.807) is 13.2 Å². The van der Waals surface area contributed by atoms with Gasteiger partial charge < -0.3 is 15.4 Å². The number of methoxy groups -OCH3 is 1. The van der Waals surface area contributed by atoms with Crippen LogP contribution >= 0.6 is 0 Å². The Labute approximate surface area is 175 Å². The summed E-state index contributed by atoms with van der Waals surface area (Å²) in [6.45, 7) is 2.17. The van der Waals surface area contributed by atoms with E-state index in [0.717, 1.165) is 6.07 Å². The maximum atomic E-state index is 13.1. The Kier molecular flexibility index (Phi) is 6.56. The van der Waals surface area contributed by atoms with Crippen molar-refractivity contribution in [1.82, 2.24) is 24.9 Å². The fourth-order valence-corrected chi connectivity index (χ4v) is 2.36. The third-order valence-corrected chi connectivity index (χ3v) is 3.98. The van der Waals surface area contributed by atoms with E-state index in [1.807, 2.05) is 13.0 Å². The molecular weight excluding hydrogens is 413 g/mol. The average Bonchev–Trinajstić information content (AvgIpc) is 2.77. The number of aromatic nitrogens is 5. The van der Waals surface area contributed by atoms with E-state index in [9.17, 15) is 13.2 Å². The number of nitriles is 1. The molecule has 9 nitrogen and oxygen atoms in total. The second-order valence-corrected chi connectivity index (χ2v) is 6.31. The smallest absolute Gasteiger partial charge is 0.380 e. The molecule has 0 saturated carbocycles. The largest absolute Gasteiger partial charge is 0.433 e. The van der Waals surface area contributed by atoms with E-state index in [2.05, 4.69) is 35.6 Å². The van der Waals surface area contributed by atoms with Gasteiger partial charge in [0, 0.05) is 25.5 Å². The van der Waals surface area contributed by atoms with E-state index >= 15 is 0 Å². The lowest BCUT2D eigenvalue weighted by Crippen LogP contribution is -2.20. The molecule has 0 fully saturated rings. The summed E-state index contributed by atoms with van der Waals surface area (Å²) >= 11 is 0. The molecule has 0 aromatic carbocycles. The van der Waals surface area contributed by atoms with Crippen molar-refractivity contribution in [2.75, 3.05) is 24.3 Å². The van der Waals surface area contributed by atoms with Crippen molar-refractivity contribution in [3.8, 4) is 17.6 Å². The van der Waals surface area contributed by atoms with Crippen LogP contribution in [-0.2, 0) is 10.9 Å². The molecule has 0 amide bonds. The lowest BCUT2D eigenvalue weighted by atomic mass is 10.3. The van der Waals surface area contributed by atoms with Crippen molar-refractivity contribution in [2.45, 2.75) is 19.2 Å². The predicted molar refractivity (Wildman–Crippen MR) is 105 cm³/mol. The number of anilines is 3. The second kappa shape index (κ2) is 9.31. The quantitative estimate of drug-likeness (QED) is 0.581. The zero-order valence-electron chi connectivity index (χ0n) is 16.5. The van der Waals surface area contributed by atoms with Crippen molar-refractivity contribution >= 4 is 17.6 Å². The second-order valence-electron chi connectivity index (χ2n) is 6.31. The maximum absolute atomic E-state index is 13.1. The molecule has 0 bridgehead atoms. The minimum atomic E-state index is -4.61. The molecule has 1 unspecified atom stereocenters. The Balaban J connectivity index is 2.00. The first-order chi connectivity index (χ1) is 14.8. The monoisotopic (exact) mass is 430 g/mol. The number of nitrogens with zero attached hydrogens (tertiary/aromatic N) is 6. The average molecular weight is 430 g/mol. The molecule has 12 heteroatoms. The van der Waals surface area contributed by atoms with Gasteiger partial charge >= 0.3 is 6.18 Å². The molecule has 0 saturated heterocycles. The van der Waals surface area contributed by atoms with Gasteiger partial charge in [0.1, 0.15) is 23.2 Å². The van der Waals surface area contributed by atoms with Gasteiger partial charge in [-0.3, -0.25) is 0 Å². The lowest BCUT2D eigenvalue weighted by Gasteiger charge is -2.13. The summed E-state index contributed by atoms with van der Waals surface area (Å²) in [4.78, 5) is 20.1. The predicted octanol–water partition coefficient (Wildman–Crippen LogP) is 3.41. The van der Waals surface area contributed by atoms with Crippen molar-refractivity contribution in [2.24, 2.45) is 0 Å². The van der Waals surface area contributed by atoms with Gasteiger partial charge in [0.25, 0.3) is 0 Å². The highest BCUT2D eigenvalue weighted by Crippen LogP contribution is 2.29. The van der Waals surface area contributed by atoms with E-state index in [-0.39, 0.29) is 35.2 Å². The molecule has 3 heterocycles. The van der Waals surface area contributed by atoms with Gasteiger partial charge in [-0.1, -0.05) is 6.07 Å². The molecule has 31 heavy (non-hydrogen) atoms. The van der Waals surface area contributed by atoms with E-state index in [4.69, 9.17) is 10.00 Å². The van der Waals surface area contributed by atoms with E-state index < -0.39 is 11.9 Å². The summed E-state index contributed by atoms with van der Waals surface area (Å²) in [5.41, 5.74) is -0.492. The van der Waals surface area contributed by atoms with Crippen molar-refractivity contribution in [3.63, 3.8) is 0 Å². The molecule has 0 aliphatic rings. The Morgan fingerprint density at radius 3 is 2.61 bits per heavy atom. The molecule has 0 aliphatic carbocycles. The summed E-state index contributed by atoms with van der Waals surface area (Å²) in [5.74, 6) is 0.0998. The number of nitrogens with one attached hydrogen (secondary N) is 2. The van der Waals surface area contributed by atoms with Crippen LogP contribution in [-0.4, -0.2) is 44.7 Å². The highest BCUT2D eigenvalue weighted by molar-refractivity contribution is 5.59. The minimum absolute atomic E-state index is 0.0480. The third-order valence-electron chi connectivity index (χ3n) is 3.98. The van der Waals surface area contributed by atoms with Gasteiger partial charge in [-0.25, -0.2) is 9.97 Å². The number of hydrogen-bond donors (Lipinski definition) is 2. The number of alkyl halides is 3. The number of halogens is 3. The number of pyridine rings is 2. The molecular formula is C19H17F3N8O. The van der Waals surface area contributed by atoms with E-state index in [1.165, 1.54) is 24.4 Å². The van der Waals surface area contributed by atoms with Crippen molar-refractivity contribution < 1.29 is 17.9 Å². The first-order valence-corrected chi connectivity index (χ1v) is 8.99. The number of hydrogen-bond acceptors (Lipinski definition) is 9. The summed E-state index contributed by atoms with van der Waals surface area (Å²) in [6, 6.07) is 8.45. The third kappa shape index (κ3) is 5.83. The first-order valence-electron chi connectivity index (χ1n) is 8.99. The van der Waals surface area contributed by atoms with Crippen molar-refractivity contribution in [3.05, 3.63) is 47.9 Å². The Morgan fingerprint density at radius 2 is 1.90 bits per heavy atom. The molecule has 3 aromatic rings. The minimum Gasteiger partial charge on any atom is -0.380 e. The first kappa shape index (κ1) is 21.8. The summed E-state index contributed by atoms with van der Waals surface area (Å²) < 4.78 is 44.4. The zero-order chi connectivity index (χ0) is 22.4. The van der Waals surface area contributed by atoms with Crippen LogP contribution in [0.5, 0.6) is 0 Å². The fraction of sp³-hybridized carbons (Fsp3) is 0.263.